The van der Waals surface area contributed by atoms with Gasteiger partial charge in [-0.3, -0.25) is 5.32 Å². The number of ether oxygens (including phenoxy) is 1. The lowest BCUT2D eigenvalue weighted by atomic mass is 10.1. The SMILES string of the molecule is CC(C)(C)OC(=O)NCCCCCCCCCCCCN=C(NC#N)N[n+]1ccccc1. The number of pyridine rings is 1. The standard InChI is InChI=1S/C24H40N6O2/c1-24(2,3)32-23(31)27-18-14-11-9-7-5-4-6-8-10-13-17-26-22(28-21-25)29-30-19-15-12-16-20-30/h12,15-16,19-20H,4-11,13-14,17-18H2,1-3H3,(H2-,26,27,28,29,31)/p+1. The van der Waals surface area contributed by atoms with Gasteiger partial charge in [0.25, 0.3) is 5.96 Å². The fourth-order valence-electron chi connectivity index (χ4n) is 3.10. The first-order valence-electron chi connectivity index (χ1n) is 11.8. The minimum Gasteiger partial charge on any atom is -0.444 e. The van der Waals surface area contributed by atoms with E-state index < -0.39 is 5.60 Å². The van der Waals surface area contributed by atoms with Crippen LogP contribution in [0.4, 0.5) is 4.79 Å². The van der Waals surface area contributed by atoms with Crippen LogP contribution in [0.5, 0.6) is 0 Å². The summed E-state index contributed by atoms with van der Waals surface area (Å²) < 4.78 is 6.96. The van der Waals surface area contributed by atoms with Gasteiger partial charge in [0.2, 0.25) is 0 Å². The van der Waals surface area contributed by atoms with E-state index in [1.807, 2.05) is 57.6 Å². The van der Waals surface area contributed by atoms with Gasteiger partial charge in [0.1, 0.15) is 5.60 Å². The lowest BCUT2D eigenvalue weighted by molar-refractivity contribution is -0.640. The van der Waals surface area contributed by atoms with Crippen LogP contribution in [0.1, 0.15) is 85.0 Å². The van der Waals surface area contributed by atoms with E-state index in [9.17, 15) is 4.79 Å². The molecule has 0 bridgehead atoms. The molecular formula is C24H41N6O2+. The Balaban J connectivity index is 1.94. The van der Waals surface area contributed by atoms with Crippen LogP contribution < -0.4 is 20.7 Å². The highest BCUT2D eigenvalue weighted by atomic mass is 16.6. The molecule has 3 N–H and O–H groups in total. The summed E-state index contributed by atoms with van der Waals surface area (Å²) in [6, 6.07) is 5.74. The van der Waals surface area contributed by atoms with Crippen LogP contribution >= 0.6 is 0 Å². The van der Waals surface area contributed by atoms with E-state index in [0.717, 1.165) is 25.7 Å². The molecular weight excluding hydrogens is 404 g/mol. The Kier molecular flexibility index (Phi) is 14.3. The molecule has 8 heteroatoms. The van der Waals surface area contributed by atoms with Crippen molar-refractivity contribution in [3.8, 4) is 6.19 Å². The number of carbonyl (C=O) groups is 1. The summed E-state index contributed by atoms with van der Waals surface area (Å²) in [5.74, 6) is 0.463. The third-order valence-electron chi connectivity index (χ3n) is 4.65. The van der Waals surface area contributed by atoms with Gasteiger partial charge in [-0.2, -0.15) is 5.26 Å². The van der Waals surface area contributed by atoms with Gasteiger partial charge in [0.15, 0.2) is 18.6 Å². The Bertz CT molecular complexity index is 695. The van der Waals surface area contributed by atoms with E-state index in [1.54, 1.807) is 4.68 Å². The average Bonchev–Trinajstić information content (AvgIpc) is 2.73. The van der Waals surface area contributed by atoms with Crippen LogP contribution in [0.2, 0.25) is 0 Å². The number of rotatable bonds is 14. The number of aromatic nitrogens is 1. The van der Waals surface area contributed by atoms with Crippen molar-refractivity contribution in [1.82, 2.24) is 10.6 Å². The number of aliphatic imine (C=N–C) groups is 1. The first-order chi connectivity index (χ1) is 15.4. The summed E-state index contributed by atoms with van der Waals surface area (Å²) in [7, 11) is 0. The summed E-state index contributed by atoms with van der Waals surface area (Å²) in [5, 5.41) is 14.3. The summed E-state index contributed by atoms with van der Waals surface area (Å²) >= 11 is 0. The maximum Gasteiger partial charge on any atom is 0.407 e. The Morgan fingerprint density at radius 3 is 2.06 bits per heavy atom. The molecule has 0 aliphatic rings. The molecule has 1 aromatic rings. The van der Waals surface area contributed by atoms with Crippen LogP contribution in [0.25, 0.3) is 0 Å². The smallest absolute Gasteiger partial charge is 0.407 e. The van der Waals surface area contributed by atoms with E-state index >= 15 is 0 Å². The van der Waals surface area contributed by atoms with Gasteiger partial charge < -0.3 is 10.1 Å². The van der Waals surface area contributed by atoms with E-state index in [4.69, 9.17) is 10.00 Å². The van der Waals surface area contributed by atoms with Crippen molar-refractivity contribution >= 4 is 12.1 Å². The maximum absolute atomic E-state index is 11.5. The normalized spacial score (nSPS) is 11.5. The Labute approximate surface area is 193 Å². The third kappa shape index (κ3) is 15.9. The number of nitrogens with zero attached hydrogens (tertiary/aromatic N) is 3. The van der Waals surface area contributed by atoms with Gasteiger partial charge >= 0.3 is 6.09 Å². The largest absolute Gasteiger partial charge is 0.444 e. The quantitative estimate of drug-likeness (QED) is 0.0985. The molecule has 0 saturated heterocycles. The topological polar surface area (TPSA) is 102 Å². The molecule has 0 aromatic carbocycles. The van der Waals surface area contributed by atoms with Gasteiger partial charge in [-0.15, -0.1) is 5.43 Å². The molecule has 0 spiro atoms. The van der Waals surface area contributed by atoms with Gasteiger partial charge in [0, 0.05) is 25.2 Å². The number of alkyl carbamates (subject to hydrolysis) is 1. The lowest BCUT2D eigenvalue weighted by Gasteiger charge is -2.19. The average molecular weight is 446 g/mol. The molecule has 0 saturated carbocycles. The molecule has 0 atom stereocenters. The van der Waals surface area contributed by atoms with Crippen LogP contribution in [0.15, 0.2) is 35.6 Å². The highest BCUT2D eigenvalue weighted by Crippen LogP contribution is 2.11. The number of hydrogen-bond donors (Lipinski definition) is 3. The second-order valence-electron chi connectivity index (χ2n) is 8.83. The van der Waals surface area contributed by atoms with Gasteiger partial charge in [0.05, 0.1) is 0 Å². The molecule has 1 rings (SSSR count). The first-order valence-corrected chi connectivity index (χ1v) is 11.8. The highest BCUT2D eigenvalue weighted by molar-refractivity contribution is 5.86. The highest BCUT2D eigenvalue weighted by Gasteiger charge is 2.15. The van der Waals surface area contributed by atoms with E-state index in [2.05, 4.69) is 21.1 Å². The minimum atomic E-state index is -0.437. The van der Waals surface area contributed by atoms with Crippen LogP contribution in [-0.4, -0.2) is 30.7 Å². The Morgan fingerprint density at radius 2 is 1.50 bits per heavy atom. The number of carbonyl (C=O) groups excluding carboxylic acids is 1. The molecule has 0 fully saturated rings. The molecule has 0 aliphatic carbocycles. The summed E-state index contributed by atoms with van der Waals surface area (Å²) in [5.41, 5.74) is 2.61. The molecule has 0 radical (unpaired) electrons. The fourth-order valence-corrected chi connectivity index (χ4v) is 3.10. The van der Waals surface area contributed by atoms with Crippen molar-refractivity contribution in [2.45, 2.75) is 90.6 Å². The monoisotopic (exact) mass is 445 g/mol. The van der Waals surface area contributed by atoms with E-state index in [1.165, 1.54) is 38.5 Å². The van der Waals surface area contributed by atoms with Gasteiger partial charge in [-0.25, -0.2) is 9.79 Å². The molecule has 32 heavy (non-hydrogen) atoms. The fraction of sp³-hybridized carbons (Fsp3) is 0.667. The van der Waals surface area contributed by atoms with Gasteiger partial charge in [-0.05, 0) is 33.6 Å². The predicted molar refractivity (Wildman–Crippen MR) is 127 cm³/mol. The number of nitriles is 1. The zero-order valence-corrected chi connectivity index (χ0v) is 20.0. The summed E-state index contributed by atoms with van der Waals surface area (Å²) in [4.78, 5) is 16.0. The van der Waals surface area contributed by atoms with Crippen molar-refractivity contribution in [3.05, 3.63) is 30.6 Å². The van der Waals surface area contributed by atoms with Crippen molar-refractivity contribution in [1.29, 1.82) is 5.26 Å². The van der Waals surface area contributed by atoms with Crippen molar-refractivity contribution in [2.75, 3.05) is 18.5 Å². The van der Waals surface area contributed by atoms with E-state index in [0.29, 0.717) is 19.0 Å². The second-order valence-corrected chi connectivity index (χ2v) is 8.83. The molecule has 1 amide bonds. The minimum absolute atomic E-state index is 0.327. The first kappa shape index (κ1) is 27.2. The maximum atomic E-state index is 11.5. The van der Waals surface area contributed by atoms with Gasteiger partial charge in [-0.1, -0.05) is 62.1 Å². The zero-order chi connectivity index (χ0) is 23.5. The third-order valence-corrected chi connectivity index (χ3v) is 4.65. The molecule has 0 unspecified atom stereocenters. The number of hydrogen-bond acceptors (Lipinski definition) is 4. The number of guanidine groups is 1. The number of unbranched alkanes of at least 4 members (excludes halogenated alkanes) is 9. The van der Waals surface area contributed by atoms with Crippen molar-refractivity contribution < 1.29 is 14.2 Å². The lowest BCUT2D eigenvalue weighted by Crippen LogP contribution is -2.51. The van der Waals surface area contributed by atoms with Crippen LogP contribution in [0.3, 0.4) is 0 Å². The molecule has 8 nitrogen and oxygen atoms in total. The van der Waals surface area contributed by atoms with E-state index in [-0.39, 0.29) is 6.09 Å². The summed E-state index contributed by atoms with van der Waals surface area (Å²) in [6.07, 6.45) is 17.1. The Hall–Kier alpha value is -2.82. The number of amides is 1. The van der Waals surface area contributed by atoms with Crippen LogP contribution in [0, 0.1) is 11.5 Å². The van der Waals surface area contributed by atoms with Crippen molar-refractivity contribution in [2.24, 2.45) is 4.99 Å². The summed E-state index contributed by atoms with van der Waals surface area (Å²) in [6.45, 7) is 6.99. The Morgan fingerprint density at radius 1 is 0.938 bits per heavy atom. The molecule has 1 aromatic heterocycles. The van der Waals surface area contributed by atoms with Crippen LogP contribution in [-0.2, 0) is 4.74 Å². The number of nitrogens with one attached hydrogen (secondary N) is 3. The second kappa shape index (κ2) is 16.8. The zero-order valence-electron chi connectivity index (χ0n) is 20.0. The molecule has 1 heterocycles. The van der Waals surface area contributed by atoms with Crippen molar-refractivity contribution in [3.63, 3.8) is 0 Å². The molecule has 178 valence electrons. The predicted octanol–water partition coefficient (Wildman–Crippen LogP) is 4.37. The molecule has 0 aliphatic heterocycles.